The van der Waals surface area contributed by atoms with Crippen LogP contribution in [0.5, 0.6) is 11.5 Å². The number of amides is 2. The fourth-order valence-corrected chi connectivity index (χ4v) is 2.82. The van der Waals surface area contributed by atoms with Crippen molar-refractivity contribution >= 4 is 17.8 Å². The van der Waals surface area contributed by atoms with Gasteiger partial charge in [-0.3, -0.25) is 19.3 Å². The molecule has 0 aliphatic heterocycles. The van der Waals surface area contributed by atoms with Crippen molar-refractivity contribution in [3.8, 4) is 11.5 Å². The van der Waals surface area contributed by atoms with Gasteiger partial charge in [-0.15, -0.1) is 6.58 Å². The summed E-state index contributed by atoms with van der Waals surface area (Å²) in [6, 6.07) is 5.42. The Morgan fingerprint density at radius 2 is 1.86 bits per heavy atom. The molecule has 1 rings (SSSR count). The lowest BCUT2D eigenvalue weighted by Gasteiger charge is -2.24. The van der Waals surface area contributed by atoms with Crippen LogP contribution in [0.3, 0.4) is 0 Å². The number of benzene rings is 1. The zero-order chi connectivity index (χ0) is 21.8. The van der Waals surface area contributed by atoms with Crippen LogP contribution in [0.4, 0.5) is 0 Å². The third kappa shape index (κ3) is 7.60. The van der Waals surface area contributed by atoms with Crippen LogP contribution < -0.4 is 9.47 Å². The summed E-state index contributed by atoms with van der Waals surface area (Å²) in [5.41, 5.74) is 0.878. The molecule has 0 spiro atoms. The molecule has 0 aromatic heterocycles. The first-order valence-corrected chi connectivity index (χ1v) is 9.69. The highest BCUT2D eigenvalue weighted by Crippen LogP contribution is 2.27. The average Bonchev–Trinajstić information content (AvgIpc) is 2.71. The monoisotopic (exact) mass is 405 g/mol. The lowest BCUT2D eigenvalue weighted by molar-refractivity contribution is -0.152. The van der Waals surface area contributed by atoms with Gasteiger partial charge in [0.1, 0.15) is 6.42 Å². The number of carbonyl (C=O) groups excluding carboxylic acids is 3. The van der Waals surface area contributed by atoms with Gasteiger partial charge >= 0.3 is 5.97 Å². The standard InChI is InChI=1S/C22H31NO6/c1-6-8-9-16(3)22(26)23(20(24)15-21(25)29-7-2)13-12-17-10-11-18(27-4)19(14-17)28-5/h6,10-11,14,16H,1,7-9,12-13,15H2,2-5H3. The summed E-state index contributed by atoms with van der Waals surface area (Å²) in [5.74, 6) is -0.689. The van der Waals surface area contributed by atoms with Gasteiger partial charge in [-0.1, -0.05) is 19.1 Å². The first-order valence-electron chi connectivity index (χ1n) is 9.69. The fourth-order valence-electron chi connectivity index (χ4n) is 2.82. The molecule has 0 saturated carbocycles. The molecule has 0 N–H and O–H groups in total. The molecule has 0 saturated heterocycles. The Morgan fingerprint density at radius 3 is 2.45 bits per heavy atom. The number of ether oxygens (including phenoxy) is 3. The third-order valence-corrected chi connectivity index (χ3v) is 4.47. The van der Waals surface area contributed by atoms with Crippen LogP contribution in [0.2, 0.25) is 0 Å². The van der Waals surface area contributed by atoms with E-state index in [4.69, 9.17) is 14.2 Å². The van der Waals surface area contributed by atoms with Crippen molar-refractivity contribution in [1.29, 1.82) is 0 Å². The normalized spacial score (nSPS) is 11.3. The lowest BCUT2D eigenvalue weighted by Crippen LogP contribution is -2.42. The first-order chi connectivity index (χ1) is 13.9. The van der Waals surface area contributed by atoms with Gasteiger partial charge in [0.05, 0.1) is 20.8 Å². The summed E-state index contributed by atoms with van der Waals surface area (Å²) < 4.78 is 15.4. The molecule has 7 nitrogen and oxygen atoms in total. The predicted octanol–water partition coefficient (Wildman–Crippen LogP) is 3.16. The number of rotatable bonds is 12. The molecular weight excluding hydrogens is 374 g/mol. The van der Waals surface area contributed by atoms with E-state index in [1.165, 1.54) is 0 Å². The molecule has 1 aromatic carbocycles. The van der Waals surface area contributed by atoms with Crippen molar-refractivity contribution in [1.82, 2.24) is 4.90 Å². The molecule has 0 bridgehead atoms. The lowest BCUT2D eigenvalue weighted by atomic mass is 10.0. The van der Waals surface area contributed by atoms with E-state index >= 15 is 0 Å². The third-order valence-electron chi connectivity index (χ3n) is 4.47. The topological polar surface area (TPSA) is 82.1 Å². The van der Waals surface area contributed by atoms with Crippen LogP contribution >= 0.6 is 0 Å². The minimum atomic E-state index is -0.639. The van der Waals surface area contributed by atoms with Gasteiger partial charge in [-0.2, -0.15) is 0 Å². The average molecular weight is 405 g/mol. The maximum Gasteiger partial charge on any atom is 0.315 e. The molecule has 29 heavy (non-hydrogen) atoms. The molecule has 7 heteroatoms. The summed E-state index contributed by atoms with van der Waals surface area (Å²) in [6.07, 6.45) is 2.96. The van der Waals surface area contributed by atoms with E-state index < -0.39 is 18.3 Å². The molecule has 160 valence electrons. The SMILES string of the molecule is C=CCCC(C)C(=O)N(CCc1ccc(OC)c(OC)c1)C(=O)CC(=O)OCC. The Balaban J connectivity index is 2.95. The van der Waals surface area contributed by atoms with Gasteiger partial charge in [-0.25, -0.2) is 0 Å². The van der Waals surface area contributed by atoms with Gasteiger partial charge in [0.25, 0.3) is 0 Å². The molecule has 1 unspecified atom stereocenters. The second-order valence-electron chi connectivity index (χ2n) is 6.57. The molecule has 1 aromatic rings. The summed E-state index contributed by atoms with van der Waals surface area (Å²) in [4.78, 5) is 38.4. The van der Waals surface area contributed by atoms with Crippen LogP contribution in [-0.2, 0) is 25.5 Å². The van der Waals surface area contributed by atoms with E-state index in [1.807, 2.05) is 6.07 Å². The number of imide groups is 1. The van der Waals surface area contributed by atoms with Crippen LogP contribution in [0.15, 0.2) is 30.9 Å². The van der Waals surface area contributed by atoms with Gasteiger partial charge in [0.2, 0.25) is 11.8 Å². The van der Waals surface area contributed by atoms with Crippen LogP contribution in [0, 0.1) is 5.92 Å². The Kier molecular flexibility index (Phi) is 10.5. The molecule has 0 aliphatic carbocycles. The van der Waals surface area contributed by atoms with E-state index in [1.54, 1.807) is 46.3 Å². The molecule has 0 aliphatic rings. The predicted molar refractivity (Wildman–Crippen MR) is 110 cm³/mol. The molecular formula is C22H31NO6. The quantitative estimate of drug-likeness (QED) is 0.302. The van der Waals surface area contributed by atoms with E-state index in [2.05, 4.69) is 6.58 Å². The highest BCUT2D eigenvalue weighted by Gasteiger charge is 2.27. The summed E-state index contributed by atoms with van der Waals surface area (Å²) >= 11 is 0. The summed E-state index contributed by atoms with van der Waals surface area (Å²) in [7, 11) is 3.10. The van der Waals surface area contributed by atoms with Gasteiger partial charge in [0, 0.05) is 12.5 Å². The Morgan fingerprint density at radius 1 is 1.17 bits per heavy atom. The molecule has 1 atom stereocenters. The Hall–Kier alpha value is -2.83. The number of hydrogen-bond acceptors (Lipinski definition) is 6. The van der Waals surface area contributed by atoms with Crippen molar-refractivity contribution in [3.05, 3.63) is 36.4 Å². The smallest absolute Gasteiger partial charge is 0.315 e. The zero-order valence-electron chi connectivity index (χ0n) is 17.7. The fraction of sp³-hybridized carbons (Fsp3) is 0.500. The van der Waals surface area contributed by atoms with Crippen LogP contribution in [-0.4, -0.2) is 50.1 Å². The van der Waals surface area contributed by atoms with Crippen molar-refractivity contribution in [2.75, 3.05) is 27.4 Å². The van der Waals surface area contributed by atoms with Crippen LogP contribution in [0.25, 0.3) is 0 Å². The molecule has 0 heterocycles. The van der Waals surface area contributed by atoms with Gasteiger partial charge in [-0.05, 0) is 43.9 Å². The van der Waals surface area contributed by atoms with Crippen molar-refractivity contribution in [2.24, 2.45) is 5.92 Å². The van der Waals surface area contributed by atoms with E-state index in [0.29, 0.717) is 30.8 Å². The van der Waals surface area contributed by atoms with E-state index in [0.717, 1.165) is 10.5 Å². The number of hydrogen-bond donors (Lipinski definition) is 0. The Labute approximate surface area is 172 Å². The van der Waals surface area contributed by atoms with E-state index in [9.17, 15) is 14.4 Å². The summed E-state index contributed by atoms with van der Waals surface area (Å²) in [5, 5.41) is 0. The maximum atomic E-state index is 12.8. The van der Waals surface area contributed by atoms with Gasteiger partial charge in [0.15, 0.2) is 11.5 Å². The second kappa shape index (κ2) is 12.6. The number of methoxy groups -OCH3 is 2. The zero-order valence-corrected chi connectivity index (χ0v) is 17.7. The minimum Gasteiger partial charge on any atom is -0.493 e. The molecule has 2 amide bonds. The molecule has 0 fully saturated rings. The number of esters is 1. The highest BCUT2D eigenvalue weighted by molar-refractivity contribution is 6.03. The molecule has 0 radical (unpaired) electrons. The van der Waals surface area contributed by atoms with E-state index in [-0.39, 0.29) is 25.0 Å². The number of allylic oxidation sites excluding steroid dienone is 1. The largest absolute Gasteiger partial charge is 0.493 e. The minimum absolute atomic E-state index is 0.158. The van der Waals surface area contributed by atoms with Crippen LogP contribution in [0.1, 0.15) is 38.7 Å². The van der Waals surface area contributed by atoms with Crippen molar-refractivity contribution < 1.29 is 28.6 Å². The van der Waals surface area contributed by atoms with Crippen molar-refractivity contribution in [2.45, 2.75) is 39.5 Å². The number of carbonyl (C=O) groups is 3. The second-order valence-corrected chi connectivity index (χ2v) is 6.57. The summed E-state index contributed by atoms with van der Waals surface area (Å²) in [6.45, 7) is 7.44. The van der Waals surface area contributed by atoms with Crippen molar-refractivity contribution in [3.63, 3.8) is 0 Å². The number of nitrogens with zero attached hydrogens (tertiary/aromatic N) is 1. The Bertz CT molecular complexity index is 715. The highest BCUT2D eigenvalue weighted by atomic mass is 16.5. The first kappa shape index (κ1) is 24.2. The maximum absolute atomic E-state index is 12.8. The van der Waals surface area contributed by atoms with Gasteiger partial charge < -0.3 is 14.2 Å².